The van der Waals surface area contributed by atoms with E-state index in [1.807, 2.05) is 19.1 Å². The van der Waals surface area contributed by atoms with E-state index in [0.29, 0.717) is 22.6 Å². The summed E-state index contributed by atoms with van der Waals surface area (Å²) >= 11 is 0. The highest BCUT2D eigenvalue weighted by Crippen LogP contribution is 2.57. The average molecular weight is 306 g/mol. The molecule has 21 heavy (non-hydrogen) atoms. The van der Waals surface area contributed by atoms with Crippen molar-refractivity contribution in [1.29, 1.82) is 0 Å². The second-order valence-corrected chi connectivity index (χ2v) is 9.00. The lowest BCUT2D eigenvalue weighted by Crippen LogP contribution is -2.52. The Morgan fingerprint density at radius 2 is 1.43 bits per heavy atom. The first kappa shape index (κ1) is 13.8. The minimum absolute atomic E-state index is 0.295. The van der Waals surface area contributed by atoms with Gasteiger partial charge in [-0.25, -0.2) is 0 Å². The van der Waals surface area contributed by atoms with E-state index in [1.54, 1.807) is 12.1 Å². The summed E-state index contributed by atoms with van der Waals surface area (Å²) in [6.45, 7) is 1.95. The maximum Gasteiger partial charge on any atom is 0.297 e. The Bertz CT molecular complexity index is 610. The van der Waals surface area contributed by atoms with Crippen molar-refractivity contribution in [3.63, 3.8) is 0 Å². The quantitative estimate of drug-likeness (QED) is 0.800. The van der Waals surface area contributed by atoms with E-state index in [1.165, 1.54) is 19.3 Å². The van der Waals surface area contributed by atoms with Gasteiger partial charge in [0.05, 0.1) is 10.5 Å². The summed E-state index contributed by atoms with van der Waals surface area (Å²) in [5.41, 5.74) is 0.655. The fourth-order valence-electron chi connectivity index (χ4n) is 5.12. The predicted molar refractivity (Wildman–Crippen MR) is 80.4 cm³/mol. The van der Waals surface area contributed by atoms with Crippen LogP contribution in [0.15, 0.2) is 29.2 Å². The Morgan fingerprint density at radius 1 is 0.952 bits per heavy atom. The summed E-state index contributed by atoms with van der Waals surface area (Å²) < 4.78 is 31.0. The smallest absolute Gasteiger partial charge is 0.260 e. The van der Waals surface area contributed by atoms with Gasteiger partial charge in [0, 0.05) is 0 Å². The molecule has 114 valence electrons. The minimum Gasteiger partial charge on any atom is -0.260 e. The Hall–Kier alpha value is -0.870. The van der Waals surface area contributed by atoms with Crippen LogP contribution in [0.1, 0.15) is 44.1 Å². The zero-order chi connectivity index (χ0) is 14.7. The van der Waals surface area contributed by atoms with Gasteiger partial charge in [0.2, 0.25) is 0 Å². The predicted octanol–water partition coefficient (Wildman–Crippen LogP) is 3.67. The first-order chi connectivity index (χ1) is 9.94. The summed E-state index contributed by atoms with van der Waals surface area (Å²) in [7, 11) is -3.64. The average Bonchev–Trinajstić information content (AvgIpc) is 2.36. The van der Waals surface area contributed by atoms with Gasteiger partial charge in [-0.2, -0.15) is 8.42 Å². The maximum atomic E-state index is 12.6. The number of hydrogen-bond acceptors (Lipinski definition) is 3. The van der Waals surface area contributed by atoms with E-state index in [0.717, 1.165) is 24.8 Å². The molecule has 1 aromatic rings. The molecule has 4 saturated carbocycles. The van der Waals surface area contributed by atoms with Crippen LogP contribution in [0.2, 0.25) is 0 Å². The zero-order valence-electron chi connectivity index (χ0n) is 12.4. The maximum absolute atomic E-state index is 12.6. The summed E-state index contributed by atoms with van der Waals surface area (Å²) in [5.74, 6) is 2.05. The standard InChI is InChI=1S/C17H22O3S/c1-12-2-4-16(5-3-12)21(18,19)20-17-9-13-6-14(10-17)8-15(7-13)11-17/h2-5,13-15H,6-11H2,1H3. The van der Waals surface area contributed by atoms with Crippen LogP contribution in [0.4, 0.5) is 0 Å². The molecule has 3 nitrogen and oxygen atoms in total. The van der Waals surface area contributed by atoms with Crippen LogP contribution in [-0.4, -0.2) is 14.0 Å². The first-order valence-corrected chi connectivity index (χ1v) is 9.37. The molecule has 0 saturated heterocycles. The highest BCUT2D eigenvalue weighted by molar-refractivity contribution is 7.86. The van der Waals surface area contributed by atoms with Gasteiger partial charge >= 0.3 is 0 Å². The summed E-state index contributed by atoms with van der Waals surface area (Å²) in [6, 6.07) is 6.97. The summed E-state index contributed by atoms with van der Waals surface area (Å²) in [4.78, 5) is 0.295. The highest BCUT2D eigenvalue weighted by Gasteiger charge is 2.53. The van der Waals surface area contributed by atoms with Crippen LogP contribution >= 0.6 is 0 Å². The Labute approximate surface area is 126 Å². The van der Waals surface area contributed by atoms with E-state index in [2.05, 4.69) is 0 Å². The van der Waals surface area contributed by atoms with Gasteiger partial charge in [0.1, 0.15) is 0 Å². The topological polar surface area (TPSA) is 43.4 Å². The van der Waals surface area contributed by atoms with Crippen molar-refractivity contribution in [3.8, 4) is 0 Å². The molecule has 0 unspecified atom stereocenters. The number of aryl methyl sites for hydroxylation is 1. The van der Waals surface area contributed by atoms with E-state index in [-0.39, 0.29) is 0 Å². The molecule has 4 bridgehead atoms. The van der Waals surface area contributed by atoms with Crippen molar-refractivity contribution in [2.45, 2.75) is 55.9 Å². The van der Waals surface area contributed by atoms with Gasteiger partial charge in [-0.3, -0.25) is 4.18 Å². The van der Waals surface area contributed by atoms with Crippen LogP contribution in [0.5, 0.6) is 0 Å². The monoisotopic (exact) mass is 306 g/mol. The Morgan fingerprint density at radius 3 is 1.90 bits per heavy atom. The van der Waals surface area contributed by atoms with Gasteiger partial charge in [-0.1, -0.05) is 17.7 Å². The van der Waals surface area contributed by atoms with E-state index >= 15 is 0 Å². The van der Waals surface area contributed by atoms with Crippen molar-refractivity contribution in [3.05, 3.63) is 29.8 Å². The third kappa shape index (κ3) is 2.42. The first-order valence-electron chi connectivity index (χ1n) is 7.96. The fraction of sp³-hybridized carbons (Fsp3) is 0.647. The van der Waals surface area contributed by atoms with Crippen molar-refractivity contribution in [2.75, 3.05) is 0 Å². The molecule has 0 heterocycles. The molecule has 0 spiro atoms. The molecule has 1 aromatic carbocycles. The zero-order valence-corrected chi connectivity index (χ0v) is 13.2. The number of rotatable bonds is 3. The Kier molecular flexibility index (Phi) is 2.99. The van der Waals surface area contributed by atoms with Crippen LogP contribution < -0.4 is 0 Å². The van der Waals surface area contributed by atoms with Crippen molar-refractivity contribution < 1.29 is 12.6 Å². The normalized spacial score (nSPS) is 37.9. The van der Waals surface area contributed by atoms with Crippen LogP contribution in [0.3, 0.4) is 0 Å². The van der Waals surface area contributed by atoms with Crippen molar-refractivity contribution in [2.24, 2.45) is 17.8 Å². The molecule has 5 rings (SSSR count). The largest absolute Gasteiger partial charge is 0.297 e. The lowest BCUT2D eigenvalue weighted by atomic mass is 9.54. The van der Waals surface area contributed by atoms with Gasteiger partial charge in [-0.15, -0.1) is 0 Å². The molecule has 0 aliphatic heterocycles. The second kappa shape index (κ2) is 4.56. The third-order valence-corrected chi connectivity index (χ3v) is 7.00. The minimum atomic E-state index is -3.64. The molecular weight excluding hydrogens is 284 g/mol. The molecular formula is C17H22O3S. The second-order valence-electron chi connectivity index (χ2n) is 7.45. The summed E-state index contributed by atoms with van der Waals surface area (Å²) in [5, 5.41) is 0. The molecule has 0 amide bonds. The lowest BCUT2D eigenvalue weighted by molar-refractivity contribution is -0.104. The molecule has 0 radical (unpaired) electrons. The van der Waals surface area contributed by atoms with E-state index in [9.17, 15) is 8.42 Å². The highest BCUT2D eigenvalue weighted by atomic mass is 32.2. The van der Waals surface area contributed by atoms with Gasteiger partial charge in [0.25, 0.3) is 10.1 Å². The van der Waals surface area contributed by atoms with Crippen LogP contribution in [0.25, 0.3) is 0 Å². The van der Waals surface area contributed by atoms with Crippen LogP contribution in [0, 0.1) is 24.7 Å². The molecule has 0 atom stereocenters. The number of benzene rings is 1. The van der Waals surface area contributed by atoms with E-state index < -0.39 is 15.7 Å². The van der Waals surface area contributed by atoms with Crippen LogP contribution in [-0.2, 0) is 14.3 Å². The lowest BCUT2D eigenvalue weighted by Gasteiger charge is -2.55. The SMILES string of the molecule is Cc1ccc(S(=O)(=O)OC23CC4CC(CC(C4)C2)C3)cc1. The number of hydrogen-bond donors (Lipinski definition) is 0. The molecule has 4 aliphatic rings. The molecule has 0 aromatic heterocycles. The van der Waals surface area contributed by atoms with Crippen molar-refractivity contribution >= 4 is 10.1 Å². The van der Waals surface area contributed by atoms with E-state index in [4.69, 9.17) is 4.18 Å². The third-order valence-electron chi connectivity index (χ3n) is 5.58. The molecule has 0 N–H and O–H groups in total. The summed E-state index contributed by atoms with van der Waals surface area (Å²) in [6.07, 6.45) is 6.66. The Balaban J connectivity index is 1.61. The molecule has 4 aliphatic carbocycles. The molecule has 4 fully saturated rings. The molecule has 4 heteroatoms. The van der Waals surface area contributed by atoms with Gasteiger partial charge in [0.15, 0.2) is 0 Å². The fourth-order valence-corrected chi connectivity index (χ4v) is 6.35. The van der Waals surface area contributed by atoms with Gasteiger partial charge < -0.3 is 0 Å². The van der Waals surface area contributed by atoms with Gasteiger partial charge in [-0.05, 0) is 75.3 Å². The van der Waals surface area contributed by atoms with Crippen molar-refractivity contribution in [1.82, 2.24) is 0 Å².